The summed E-state index contributed by atoms with van der Waals surface area (Å²) in [5.41, 5.74) is 2.17. The molecule has 2 amide bonds. The van der Waals surface area contributed by atoms with Crippen LogP contribution in [-0.2, 0) is 11.3 Å². The molecule has 1 aromatic rings. The van der Waals surface area contributed by atoms with Gasteiger partial charge in [0, 0.05) is 19.6 Å². The Balaban J connectivity index is 2.80. The SMILES string of the molecule is CCC(C)N(CC(=O)O)C(=O)N(C)Cc1cccc(C)c1. The molecule has 0 bridgehead atoms. The molecule has 0 spiro atoms. The van der Waals surface area contributed by atoms with Crippen LogP contribution in [0, 0.1) is 6.92 Å². The van der Waals surface area contributed by atoms with E-state index in [2.05, 4.69) is 0 Å². The summed E-state index contributed by atoms with van der Waals surface area (Å²) in [7, 11) is 1.70. The summed E-state index contributed by atoms with van der Waals surface area (Å²) in [6.45, 7) is 6.00. The van der Waals surface area contributed by atoms with Gasteiger partial charge in [0.1, 0.15) is 6.54 Å². The van der Waals surface area contributed by atoms with Crippen LogP contribution in [0.1, 0.15) is 31.4 Å². The Kier molecular flexibility index (Phi) is 6.21. The van der Waals surface area contributed by atoms with E-state index in [0.717, 1.165) is 17.5 Å². The molecule has 116 valence electrons. The maximum atomic E-state index is 12.5. The van der Waals surface area contributed by atoms with Gasteiger partial charge in [0.15, 0.2) is 0 Å². The van der Waals surface area contributed by atoms with Crippen molar-refractivity contribution in [2.75, 3.05) is 13.6 Å². The number of carboxylic acid groups (broad SMARTS) is 1. The van der Waals surface area contributed by atoms with Crippen LogP contribution >= 0.6 is 0 Å². The van der Waals surface area contributed by atoms with Crippen molar-refractivity contribution in [3.05, 3.63) is 35.4 Å². The average molecular weight is 292 g/mol. The van der Waals surface area contributed by atoms with E-state index in [1.54, 1.807) is 11.9 Å². The molecule has 21 heavy (non-hydrogen) atoms. The lowest BCUT2D eigenvalue weighted by atomic mass is 10.1. The lowest BCUT2D eigenvalue weighted by molar-refractivity contribution is -0.138. The minimum Gasteiger partial charge on any atom is -0.480 e. The molecule has 1 aromatic carbocycles. The quantitative estimate of drug-likeness (QED) is 0.877. The highest BCUT2D eigenvalue weighted by molar-refractivity contribution is 5.80. The molecule has 5 nitrogen and oxygen atoms in total. The van der Waals surface area contributed by atoms with Gasteiger partial charge in [0.2, 0.25) is 0 Å². The Morgan fingerprint density at radius 2 is 2.00 bits per heavy atom. The van der Waals surface area contributed by atoms with E-state index in [4.69, 9.17) is 5.11 Å². The monoisotopic (exact) mass is 292 g/mol. The number of nitrogens with zero attached hydrogens (tertiary/aromatic N) is 2. The number of carbonyl (C=O) groups excluding carboxylic acids is 1. The topological polar surface area (TPSA) is 60.9 Å². The molecule has 0 fully saturated rings. The van der Waals surface area contributed by atoms with Crippen molar-refractivity contribution >= 4 is 12.0 Å². The Morgan fingerprint density at radius 3 is 2.52 bits per heavy atom. The zero-order valence-electron chi connectivity index (χ0n) is 13.2. The molecule has 0 radical (unpaired) electrons. The molecule has 1 N–H and O–H groups in total. The normalized spacial score (nSPS) is 11.8. The van der Waals surface area contributed by atoms with Gasteiger partial charge >= 0.3 is 12.0 Å². The predicted octanol–water partition coefficient (Wildman–Crippen LogP) is 2.73. The van der Waals surface area contributed by atoms with Gasteiger partial charge in [-0.3, -0.25) is 4.79 Å². The number of hydrogen-bond acceptors (Lipinski definition) is 2. The van der Waals surface area contributed by atoms with Crippen molar-refractivity contribution in [1.29, 1.82) is 0 Å². The first-order valence-corrected chi connectivity index (χ1v) is 7.14. The molecule has 0 saturated carbocycles. The predicted molar refractivity (Wildman–Crippen MR) is 82.1 cm³/mol. The molecular weight excluding hydrogens is 268 g/mol. The van der Waals surface area contributed by atoms with Crippen molar-refractivity contribution in [3.63, 3.8) is 0 Å². The molecule has 0 heterocycles. The van der Waals surface area contributed by atoms with Crippen LogP contribution in [0.5, 0.6) is 0 Å². The highest BCUT2D eigenvalue weighted by atomic mass is 16.4. The molecule has 0 aromatic heterocycles. The second kappa shape index (κ2) is 7.67. The maximum Gasteiger partial charge on any atom is 0.323 e. The van der Waals surface area contributed by atoms with Gasteiger partial charge in [-0.2, -0.15) is 0 Å². The summed E-state index contributed by atoms with van der Waals surface area (Å²) in [5.74, 6) is -0.993. The largest absolute Gasteiger partial charge is 0.480 e. The minimum absolute atomic E-state index is 0.103. The number of aliphatic carboxylic acids is 1. The standard InChI is InChI=1S/C16H24N2O3/c1-5-13(3)18(11-15(19)20)16(21)17(4)10-14-8-6-7-12(2)9-14/h6-9,13H,5,10-11H2,1-4H3,(H,19,20). The first-order valence-electron chi connectivity index (χ1n) is 7.14. The van der Waals surface area contributed by atoms with E-state index in [1.807, 2.05) is 45.0 Å². The summed E-state index contributed by atoms with van der Waals surface area (Å²) in [6.07, 6.45) is 0.720. The Hall–Kier alpha value is -2.04. The number of hydrogen-bond donors (Lipinski definition) is 1. The molecule has 5 heteroatoms. The molecule has 0 aliphatic rings. The third-order valence-electron chi connectivity index (χ3n) is 3.50. The van der Waals surface area contributed by atoms with Crippen LogP contribution in [-0.4, -0.2) is 46.5 Å². The van der Waals surface area contributed by atoms with E-state index < -0.39 is 5.97 Å². The summed E-state index contributed by atoms with van der Waals surface area (Å²) in [5, 5.41) is 8.97. The molecule has 1 rings (SSSR count). The minimum atomic E-state index is -0.993. The number of aryl methyl sites for hydroxylation is 1. The first kappa shape index (κ1) is 17.0. The van der Waals surface area contributed by atoms with Gasteiger partial charge in [0.25, 0.3) is 0 Å². The fourth-order valence-electron chi connectivity index (χ4n) is 2.15. The lowest BCUT2D eigenvalue weighted by Crippen LogP contribution is -2.47. The molecule has 1 atom stereocenters. The van der Waals surface area contributed by atoms with Crippen LogP contribution in [0.15, 0.2) is 24.3 Å². The zero-order chi connectivity index (χ0) is 16.0. The number of urea groups is 1. The summed E-state index contributed by atoms with van der Waals surface area (Å²) >= 11 is 0. The number of amides is 2. The second-order valence-corrected chi connectivity index (χ2v) is 5.41. The summed E-state index contributed by atoms with van der Waals surface area (Å²) < 4.78 is 0. The summed E-state index contributed by atoms with van der Waals surface area (Å²) in [6, 6.07) is 7.58. The van der Waals surface area contributed by atoms with E-state index in [-0.39, 0.29) is 18.6 Å². The van der Waals surface area contributed by atoms with Crippen molar-refractivity contribution in [1.82, 2.24) is 9.80 Å². The van der Waals surface area contributed by atoms with Gasteiger partial charge in [-0.25, -0.2) is 4.79 Å². The van der Waals surface area contributed by atoms with Crippen LogP contribution in [0.4, 0.5) is 4.79 Å². The highest BCUT2D eigenvalue weighted by Crippen LogP contribution is 2.11. The van der Waals surface area contributed by atoms with E-state index in [0.29, 0.717) is 6.54 Å². The lowest BCUT2D eigenvalue weighted by Gasteiger charge is -2.31. The van der Waals surface area contributed by atoms with Gasteiger partial charge in [-0.15, -0.1) is 0 Å². The second-order valence-electron chi connectivity index (χ2n) is 5.41. The van der Waals surface area contributed by atoms with Crippen molar-refractivity contribution in [2.24, 2.45) is 0 Å². The third-order valence-corrected chi connectivity index (χ3v) is 3.50. The molecule has 0 aliphatic carbocycles. The van der Waals surface area contributed by atoms with E-state index in [1.165, 1.54) is 4.90 Å². The number of carboxylic acids is 1. The smallest absolute Gasteiger partial charge is 0.323 e. The number of benzene rings is 1. The van der Waals surface area contributed by atoms with Crippen LogP contribution in [0.25, 0.3) is 0 Å². The van der Waals surface area contributed by atoms with Gasteiger partial charge in [-0.05, 0) is 25.8 Å². The van der Waals surface area contributed by atoms with Crippen LogP contribution < -0.4 is 0 Å². The molecule has 0 aliphatic heterocycles. The average Bonchev–Trinajstić information content (AvgIpc) is 2.43. The Morgan fingerprint density at radius 1 is 1.33 bits per heavy atom. The molecule has 1 unspecified atom stereocenters. The van der Waals surface area contributed by atoms with Crippen LogP contribution in [0.3, 0.4) is 0 Å². The highest BCUT2D eigenvalue weighted by Gasteiger charge is 2.24. The van der Waals surface area contributed by atoms with E-state index >= 15 is 0 Å². The van der Waals surface area contributed by atoms with Crippen molar-refractivity contribution < 1.29 is 14.7 Å². The van der Waals surface area contributed by atoms with Gasteiger partial charge < -0.3 is 14.9 Å². The van der Waals surface area contributed by atoms with Gasteiger partial charge in [0.05, 0.1) is 0 Å². The van der Waals surface area contributed by atoms with Crippen molar-refractivity contribution in [3.8, 4) is 0 Å². The van der Waals surface area contributed by atoms with E-state index in [9.17, 15) is 9.59 Å². The first-order chi connectivity index (χ1) is 9.85. The number of carbonyl (C=O) groups is 2. The number of rotatable bonds is 6. The zero-order valence-corrected chi connectivity index (χ0v) is 13.2. The Bertz CT molecular complexity index is 502. The Labute approximate surface area is 126 Å². The molecular formula is C16H24N2O3. The fourth-order valence-corrected chi connectivity index (χ4v) is 2.15. The van der Waals surface area contributed by atoms with Crippen LogP contribution in [0.2, 0.25) is 0 Å². The summed E-state index contributed by atoms with van der Waals surface area (Å²) in [4.78, 5) is 26.4. The molecule has 0 saturated heterocycles. The maximum absolute atomic E-state index is 12.5. The van der Waals surface area contributed by atoms with Gasteiger partial charge in [-0.1, -0.05) is 36.8 Å². The third kappa shape index (κ3) is 5.10. The fraction of sp³-hybridized carbons (Fsp3) is 0.500. The van der Waals surface area contributed by atoms with Crippen molar-refractivity contribution in [2.45, 2.75) is 39.8 Å².